The molecule has 1 atom stereocenters. The number of piperidine rings is 1. The van der Waals surface area contributed by atoms with Crippen LogP contribution in [0.25, 0.3) is 0 Å². The van der Waals surface area contributed by atoms with Gasteiger partial charge in [0.1, 0.15) is 6.04 Å². The zero-order valence-electron chi connectivity index (χ0n) is 15.2. The molecule has 1 aromatic rings. The zero-order valence-corrected chi connectivity index (χ0v) is 15.2. The number of rotatable bonds is 4. The molecule has 3 heterocycles. The van der Waals surface area contributed by atoms with Gasteiger partial charge in [0, 0.05) is 56.1 Å². The van der Waals surface area contributed by atoms with Crippen molar-refractivity contribution in [3.63, 3.8) is 0 Å². The summed E-state index contributed by atoms with van der Waals surface area (Å²) in [6.45, 7) is 3.91. The smallest absolute Gasteiger partial charge is 0.317 e. The topological polar surface area (TPSA) is 93.2 Å². The van der Waals surface area contributed by atoms with Crippen molar-refractivity contribution < 1.29 is 19.5 Å². The second-order valence-electron chi connectivity index (χ2n) is 7.34. The average molecular weight is 372 g/mol. The minimum Gasteiger partial charge on any atom is -0.480 e. The van der Waals surface area contributed by atoms with Crippen LogP contribution in [-0.2, 0) is 20.8 Å². The highest BCUT2D eigenvalue weighted by Gasteiger charge is 2.36. The number of nitrogens with one attached hydrogen (secondary N) is 1. The minimum atomic E-state index is -0.788. The first-order chi connectivity index (χ1) is 13.0. The molecule has 2 N–H and O–H groups in total. The minimum absolute atomic E-state index is 0.0873. The van der Waals surface area contributed by atoms with E-state index >= 15 is 0 Å². The molecule has 144 valence electrons. The Morgan fingerprint density at radius 1 is 1.07 bits per heavy atom. The van der Waals surface area contributed by atoms with E-state index in [1.807, 2.05) is 11.0 Å². The van der Waals surface area contributed by atoms with E-state index in [4.69, 9.17) is 5.11 Å². The van der Waals surface area contributed by atoms with E-state index in [-0.39, 0.29) is 24.4 Å². The molecule has 8 nitrogen and oxygen atoms in total. The Kier molecular flexibility index (Phi) is 4.73. The molecule has 1 aromatic carbocycles. The van der Waals surface area contributed by atoms with Gasteiger partial charge < -0.3 is 14.9 Å². The number of anilines is 2. The number of carbonyl (C=O) groups is 3. The summed E-state index contributed by atoms with van der Waals surface area (Å²) in [5.41, 5.74) is 3.50. The maximum Gasteiger partial charge on any atom is 0.317 e. The van der Waals surface area contributed by atoms with E-state index in [1.54, 1.807) is 0 Å². The average Bonchev–Trinajstić information content (AvgIpc) is 3.06. The number of hydrogen-bond acceptors (Lipinski definition) is 6. The molecule has 2 fully saturated rings. The fourth-order valence-corrected chi connectivity index (χ4v) is 4.38. The Morgan fingerprint density at radius 2 is 1.81 bits per heavy atom. The summed E-state index contributed by atoms with van der Waals surface area (Å²) >= 11 is 0. The van der Waals surface area contributed by atoms with Gasteiger partial charge in [0.25, 0.3) is 0 Å². The number of amides is 2. The summed E-state index contributed by atoms with van der Waals surface area (Å²) < 4.78 is 0. The van der Waals surface area contributed by atoms with Crippen molar-refractivity contribution in [2.45, 2.75) is 25.3 Å². The maximum atomic E-state index is 12.3. The molecule has 0 saturated carbocycles. The van der Waals surface area contributed by atoms with Crippen LogP contribution < -0.4 is 15.1 Å². The summed E-state index contributed by atoms with van der Waals surface area (Å²) in [5.74, 6) is -1.18. The Morgan fingerprint density at radius 3 is 2.52 bits per heavy atom. The largest absolute Gasteiger partial charge is 0.480 e. The van der Waals surface area contributed by atoms with Crippen LogP contribution in [0.5, 0.6) is 0 Å². The Bertz CT molecular complexity index is 773. The molecule has 4 rings (SSSR count). The molecule has 27 heavy (non-hydrogen) atoms. The van der Waals surface area contributed by atoms with Gasteiger partial charge >= 0.3 is 5.97 Å². The number of carboxylic acid groups (broad SMARTS) is 1. The number of imide groups is 1. The lowest BCUT2D eigenvalue weighted by molar-refractivity contribution is -0.138. The van der Waals surface area contributed by atoms with Crippen molar-refractivity contribution in [3.8, 4) is 0 Å². The molecule has 0 aliphatic carbocycles. The molecule has 0 aromatic heterocycles. The summed E-state index contributed by atoms with van der Waals surface area (Å²) in [4.78, 5) is 41.0. The molecule has 0 radical (unpaired) electrons. The van der Waals surface area contributed by atoms with Crippen LogP contribution in [0.2, 0.25) is 0 Å². The van der Waals surface area contributed by atoms with E-state index in [0.717, 1.165) is 44.8 Å². The molecular formula is C19H24N4O4. The van der Waals surface area contributed by atoms with Gasteiger partial charge in [0.05, 0.1) is 6.54 Å². The van der Waals surface area contributed by atoms with Crippen molar-refractivity contribution in [3.05, 3.63) is 23.8 Å². The standard InChI is InChI=1S/C19H24N4O4/c24-17-5-4-16(19(27)20-17)23-7-6-13-14(2-1-3-15(13)23)22-10-8-21(9-11-22)12-18(25)26/h1-3,16H,4-12H2,(H,25,26)(H,20,24,27)/t16-/m1/s1. The number of benzene rings is 1. The third-order valence-corrected chi connectivity index (χ3v) is 5.70. The highest BCUT2D eigenvalue weighted by molar-refractivity contribution is 6.02. The van der Waals surface area contributed by atoms with Crippen molar-refractivity contribution in [2.75, 3.05) is 49.1 Å². The second-order valence-corrected chi connectivity index (χ2v) is 7.34. The van der Waals surface area contributed by atoms with Crippen LogP contribution in [-0.4, -0.2) is 73.1 Å². The molecule has 0 unspecified atom stereocenters. The van der Waals surface area contributed by atoms with Gasteiger partial charge in [-0.15, -0.1) is 0 Å². The lowest BCUT2D eigenvalue weighted by atomic mass is 10.0. The number of aliphatic carboxylic acids is 1. The van der Waals surface area contributed by atoms with Gasteiger partial charge in [-0.25, -0.2) is 0 Å². The number of nitrogens with zero attached hydrogens (tertiary/aromatic N) is 3. The van der Waals surface area contributed by atoms with Gasteiger partial charge in [-0.1, -0.05) is 6.07 Å². The third kappa shape index (κ3) is 3.49. The maximum absolute atomic E-state index is 12.3. The van der Waals surface area contributed by atoms with Crippen molar-refractivity contribution >= 4 is 29.2 Å². The predicted octanol–water partition coefficient (Wildman–Crippen LogP) is 0.0609. The fraction of sp³-hybridized carbons (Fsp3) is 0.526. The van der Waals surface area contributed by atoms with Crippen LogP contribution in [0.15, 0.2) is 18.2 Å². The molecule has 3 aliphatic heterocycles. The third-order valence-electron chi connectivity index (χ3n) is 5.70. The van der Waals surface area contributed by atoms with Crippen molar-refractivity contribution in [1.29, 1.82) is 0 Å². The zero-order chi connectivity index (χ0) is 19.0. The van der Waals surface area contributed by atoms with Crippen LogP contribution >= 0.6 is 0 Å². The van der Waals surface area contributed by atoms with Crippen LogP contribution in [0, 0.1) is 0 Å². The Labute approximate surface area is 157 Å². The van der Waals surface area contributed by atoms with E-state index in [2.05, 4.69) is 27.2 Å². The lowest BCUT2D eigenvalue weighted by Gasteiger charge is -2.36. The van der Waals surface area contributed by atoms with Crippen molar-refractivity contribution in [1.82, 2.24) is 10.2 Å². The number of carboxylic acids is 1. The van der Waals surface area contributed by atoms with Crippen LogP contribution in [0.1, 0.15) is 18.4 Å². The molecule has 2 saturated heterocycles. The lowest BCUT2D eigenvalue weighted by Crippen LogP contribution is -2.52. The molecule has 0 bridgehead atoms. The van der Waals surface area contributed by atoms with Gasteiger partial charge in [-0.05, 0) is 25.0 Å². The van der Waals surface area contributed by atoms with Gasteiger partial charge in [-0.2, -0.15) is 0 Å². The summed E-state index contributed by atoms with van der Waals surface area (Å²) in [7, 11) is 0. The summed E-state index contributed by atoms with van der Waals surface area (Å²) in [6, 6.07) is 5.89. The van der Waals surface area contributed by atoms with Crippen LogP contribution in [0.4, 0.5) is 11.4 Å². The number of fused-ring (bicyclic) bond motifs is 1. The summed E-state index contributed by atoms with van der Waals surface area (Å²) in [5, 5.41) is 11.4. The molecule has 2 amide bonds. The first kappa shape index (κ1) is 17.8. The molecule has 3 aliphatic rings. The van der Waals surface area contributed by atoms with E-state index in [0.29, 0.717) is 12.8 Å². The first-order valence-corrected chi connectivity index (χ1v) is 9.44. The SMILES string of the molecule is O=C(O)CN1CCN(c2cccc3c2CCN3[C@@H]2CCC(=O)NC2=O)CC1. The highest BCUT2D eigenvalue weighted by atomic mass is 16.4. The number of hydrogen-bond donors (Lipinski definition) is 2. The molecule has 8 heteroatoms. The van der Waals surface area contributed by atoms with Crippen LogP contribution in [0.3, 0.4) is 0 Å². The first-order valence-electron chi connectivity index (χ1n) is 9.44. The van der Waals surface area contributed by atoms with Gasteiger partial charge in [0.15, 0.2) is 0 Å². The normalized spacial score (nSPS) is 23.3. The quantitative estimate of drug-likeness (QED) is 0.722. The van der Waals surface area contributed by atoms with Gasteiger partial charge in [0.2, 0.25) is 11.8 Å². The van der Waals surface area contributed by atoms with Crippen molar-refractivity contribution in [2.24, 2.45) is 0 Å². The Hall–Kier alpha value is -2.61. The van der Waals surface area contributed by atoms with E-state index < -0.39 is 5.97 Å². The fourth-order valence-electron chi connectivity index (χ4n) is 4.38. The van der Waals surface area contributed by atoms with E-state index in [1.165, 1.54) is 11.3 Å². The summed E-state index contributed by atoms with van der Waals surface area (Å²) in [6.07, 6.45) is 1.81. The monoisotopic (exact) mass is 372 g/mol. The Balaban J connectivity index is 1.50. The second kappa shape index (κ2) is 7.19. The number of carbonyl (C=O) groups excluding carboxylic acids is 2. The highest BCUT2D eigenvalue weighted by Crippen LogP contribution is 2.38. The predicted molar refractivity (Wildman–Crippen MR) is 100.0 cm³/mol. The molecule has 0 spiro atoms. The van der Waals surface area contributed by atoms with E-state index in [9.17, 15) is 14.4 Å². The number of piperazine rings is 1. The van der Waals surface area contributed by atoms with Gasteiger partial charge in [-0.3, -0.25) is 24.6 Å². The molecular weight excluding hydrogens is 348 g/mol.